The van der Waals surface area contributed by atoms with Gasteiger partial charge in [-0.1, -0.05) is 48.0 Å². The quantitative estimate of drug-likeness (QED) is 0.393. The molecule has 3 aromatic carbocycles. The molecule has 5 rings (SSSR count). The van der Waals surface area contributed by atoms with Crippen LogP contribution in [0.3, 0.4) is 0 Å². The molecular weight excluding hydrogens is 491 g/mol. The van der Waals surface area contributed by atoms with Gasteiger partial charge < -0.3 is 9.84 Å². The predicted octanol–water partition coefficient (Wildman–Crippen LogP) is 6.03. The van der Waals surface area contributed by atoms with Crippen molar-refractivity contribution in [1.29, 1.82) is 5.26 Å². The standard InChI is InChI=1S/C30H26ClFN2O3/c1-19(2)22-13-25-27(26(32)14-22)30(23-7-9-24(31)10-8-23,37-18-29(17-35)11-12-29)34(28(25)36)16-21-5-3-20(15-33)4-6-21/h3-10,13-14,35H,1,11-12,16-18H2,2H3/i17D2,18D2. The van der Waals surface area contributed by atoms with Gasteiger partial charge in [0.15, 0.2) is 5.72 Å². The van der Waals surface area contributed by atoms with Crippen molar-refractivity contribution in [2.45, 2.75) is 32.0 Å². The smallest absolute Gasteiger partial charge is 0.257 e. The van der Waals surface area contributed by atoms with Gasteiger partial charge in [0.05, 0.1) is 41.4 Å². The highest BCUT2D eigenvalue weighted by Gasteiger charge is 2.56. The van der Waals surface area contributed by atoms with Gasteiger partial charge in [0.25, 0.3) is 5.91 Å². The number of hydrogen-bond acceptors (Lipinski definition) is 4. The fraction of sp³-hybridized carbons (Fsp3) is 0.267. The highest BCUT2D eigenvalue weighted by atomic mass is 35.5. The van der Waals surface area contributed by atoms with Crippen LogP contribution in [-0.4, -0.2) is 29.0 Å². The van der Waals surface area contributed by atoms with Crippen LogP contribution < -0.4 is 0 Å². The number of rotatable bonds is 8. The molecule has 1 fully saturated rings. The number of nitriles is 1. The van der Waals surface area contributed by atoms with E-state index in [1.807, 2.05) is 6.07 Å². The molecule has 0 aromatic heterocycles. The normalized spacial score (nSPS) is 21.8. The third-order valence-corrected chi connectivity index (χ3v) is 7.05. The molecule has 0 spiro atoms. The summed E-state index contributed by atoms with van der Waals surface area (Å²) in [4.78, 5) is 15.4. The fourth-order valence-electron chi connectivity index (χ4n) is 4.51. The summed E-state index contributed by atoms with van der Waals surface area (Å²) in [6, 6.07) is 17.1. The first-order valence-electron chi connectivity index (χ1n) is 13.7. The van der Waals surface area contributed by atoms with E-state index in [2.05, 4.69) is 6.58 Å². The Bertz CT molecular complexity index is 1600. The number of carbonyl (C=O) groups excluding carboxylic acids is 1. The number of benzene rings is 3. The molecule has 1 unspecified atom stereocenters. The molecule has 5 nitrogen and oxygen atoms in total. The average molecular weight is 521 g/mol. The molecule has 37 heavy (non-hydrogen) atoms. The first-order valence-corrected chi connectivity index (χ1v) is 12.0. The second-order valence-corrected chi connectivity index (χ2v) is 9.85. The van der Waals surface area contributed by atoms with Gasteiger partial charge in [0, 0.05) is 22.5 Å². The summed E-state index contributed by atoms with van der Waals surface area (Å²) in [5, 5.41) is 19.9. The largest absolute Gasteiger partial charge is 0.396 e. The minimum absolute atomic E-state index is 0.0340. The second-order valence-electron chi connectivity index (χ2n) is 9.41. The van der Waals surface area contributed by atoms with Crippen LogP contribution in [0.2, 0.25) is 5.02 Å². The van der Waals surface area contributed by atoms with E-state index in [0.717, 1.165) is 0 Å². The molecule has 1 aliphatic heterocycles. The minimum atomic E-state index is -2.97. The number of nitrogens with zero attached hydrogens (tertiary/aromatic N) is 2. The Morgan fingerprint density at radius 2 is 1.92 bits per heavy atom. The molecule has 0 saturated heterocycles. The molecular formula is C30H26ClFN2O3. The maximum atomic E-state index is 16.3. The summed E-state index contributed by atoms with van der Waals surface area (Å²) in [6.45, 7) is -0.509. The van der Waals surface area contributed by atoms with E-state index in [9.17, 15) is 15.2 Å². The van der Waals surface area contributed by atoms with Crippen LogP contribution in [0, 0.1) is 22.6 Å². The van der Waals surface area contributed by atoms with Crippen molar-refractivity contribution in [3.8, 4) is 6.07 Å². The summed E-state index contributed by atoms with van der Waals surface area (Å²) in [5.41, 5.74) is -2.53. The van der Waals surface area contributed by atoms with Gasteiger partial charge in [-0.2, -0.15) is 5.26 Å². The summed E-state index contributed by atoms with van der Waals surface area (Å²) in [5.74, 6) is -1.51. The van der Waals surface area contributed by atoms with Gasteiger partial charge in [-0.05, 0) is 67.3 Å². The van der Waals surface area contributed by atoms with Gasteiger partial charge in [0.2, 0.25) is 0 Å². The molecule has 0 bridgehead atoms. The number of ether oxygens (including phenoxy) is 1. The number of halogens is 2. The molecule has 188 valence electrons. The Balaban J connectivity index is 1.80. The minimum Gasteiger partial charge on any atom is -0.396 e. The zero-order valence-electron chi connectivity index (χ0n) is 24.0. The van der Waals surface area contributed by atoms with Gasteiger partial charge in [-0.3, -0.25) is 9.69 Å². The van der Waals surface area contributed by atoms with Crippen molar-refractivity contribution in [3.63, 3.8) is 0 Å². The van der Waals surface area contributed by atoms with Crippen molar-refractivity contribution < 1.29 is 24.5 Å². The van der Waals surface area contributed by atoms with E-state index in [1.165, 1.54) is 41.3 Å². The molecule has 1 amide bonds. The Kier molecular flexibility index (Phi) is 5.23. The van der Waals surface area contributed by atoms with Crippen LogP contribution in [0.15, 0.2) is 67.2 Å². The van der Waals surface area contributed by atoms with Crippen molar-refractivity contribution in [3.05, 3.63) is 111 Å². The van der Waals surface area contributed by atoms with E-state index < -0.39 is 36.0 Å². The molecule has 7 heteroatoms. The predicted molar refractivity (Wildman–Crippen MR) is 139 cm³/mol. The Morgan fingerprint density at radius 3 is 2.49 bits per heavy atom. The van der Waals surface area contributed by atoms with Crippen LogP contribution in [0.5, 0.6) is 0 Å². The molecule has 0 radical (unpaired) electrons. The van der Waals surface area contributed by atoms with Gasteiger partial charge in [-0.15, -0.1) is 0 Å². The maximum Gasteiger partial charge on any atom is 0.257 e. The third-order valence-electron chi connectivity index (χ3n) is 6.79. The SMILES string of the molecule is [2H]C([2H])(O)C1(C([2H])([2H])OC2(c3ccc(Cl)cc3)c3c(F)cc(C(=C)C)cc3C(=O)N2Cc2ccc(C#N)cc2)CC1. The lowest BCUT2D eigenvalue weighted by atomic mass is 9.90. The average Bonchev–Trinajstić information content (AvgIpc) is 3.71. The van der Waals surface area contributed by atoms with E-state index in [1.54, 1.807) is 31.2 Å². The van der Waals surface area contributed by atoms with Crippen LogP contribution in [0.1, 0.15) is 63.4 Å². The number of aliphatic hydroxyl groups is 1. The van der Waals surface area contributed by atoms with Crippen LogP contribution in [-0.2, 0) is 17.0 Å². The lowest BCUT2D eigenvalue weighted by molar-refractivity contribution is -0.130. The van der Waals surface area contributed by atoms with E-state index in [-0.39, 0.29) is 36.1 Å². The number of hydrogen-bond donors (Lipinski definition) is 1. The number of carbonyl (C=O) groups is 1. The van der Waals surface area contributed by atoms with Crippen molar-refractivity contribution in [2.75, 3.05) is 13.1 Å². The lowest BCUT2D eigenvalue weighted by Crippen LogP contribution is -2.48. The summed E-state index contributed by atoms with van der Waals surface area (Å²) >= 11 is 6.16. The van der Waals surface area contributed by atoms with Gasteiger partial charge >= 0.3 is 0 Å². The zero-order chi connectivity index (χ0) is 30.0. The Labute approximate surface area is 226 Å². The van der Waals surface area contributed by atoms with Crippen molar-refractivity contribution >= 4 is 23.1 Å². The topological polar surface area (TPSA) is 73.6 Å². The molecule has 3 aromatic rings. The Morgan fingerprint density at radius 1 is 1.24 bits per heavy atom. The lowest BCUT2D eigenvalue weighted by Gasteiger charge is -2.40. The highest BCUT2D eigenvalue weighted by Crippen LogP contribution is 2.52. The number of allylic oxidation sites excluding steroid dienone is 1. The highest BCUT2D eigenvalue weighted by molar-refractivity contribution is 6.30. The molecule has 1 atom stereocenters. The van der Waals surface area contributed by atoms with Crippen molar-refractivity contribution in [1.82, 2.24) is 4.90 Å². The van der Waals surface area contributed by atoms with E-state index >= 15 is 4.39 Å². The first kappa shape index (κ1) is 20.5. The van der Waals surface area contributed by atoms with Crippen LogP contribution >= 0.6 is 11.6 Å². The van der Waals surface area contributed by atoms with Gasteiger partial charge in [0.1, 0.15) is 5.82 Å². The molecule has 2 aliphatic rings. The fourth-order valence-corrected chi connectivity index (χ4v) is 4.64. The zero-order valence-corrected chi connectivity index (χ0v) is 20.8. The maximum absolute atomic E-state index is 16.3. The van der Waals surface area contributed by atoms with Crippen molar-refractivity contribution in [2.24, 2.45) is 5.41 Å². The molecule has 1 aliphatic carbocycles. The second kappa shape index (κ2) is 9.42. The summed E-state index contributed by atoms with van der Waals surface area (Å²) in [6.07, 6.45) is -0.0681. The number of amides is 1. The van der Waals surface area contributed by atoms with E-state index in [0.29, 0.717) is 27.3 Å². The monoisotopic (exact) mass is 520 g/mol. The number of fused-ring (bicyclic) bond motifs is 1. The van der Waals surface area contributed by atoms with Crippen LogP contribution in [0.25, 0.3) is 5.57 Å². The van der Waals surface area contributed by atoms with Gasteiger partial charge in [-0.25, -0.2) is 4.39 Å². The molecule has 1 N–H and O–H groups in total. The van der Waals surface area contributed by atoms with Crippen LogP contribution in [0.4, 0.5) is 4.39 Å². The Hall–Kier alpha value is -3.50. The summed E-state index contributed by atoms with van der Waals surface area (Å²) < 4.78 is 56.4. The summed E-state index contributed by atoms with van der Waals surface area (Å²) in [7, 11) is 0. The van der Waals surface area contributed by atoms with E-state index in [4.69, 9.17) is 21.8 Å². The third kappa shape index (κ3) is 4.34. The molecule has 1 saturated carbocycles. The molecule has 1 heterocycles. The first-order chi connectivity index (χ1) is 19.2.